The highest BCUT2D eigenvalue weighted by Crippen LogP contribution is 2.34. The summed E-state index contributed by atoms with van der Waals surface area (Å²) in [5.74, 6) is 1.08. The van der Waals surface area contributed by atoms with Crippen LogP contribution in [0.2, 0.25) is 0 Å². The molecule has 126 valence electrons. The summed E-state index contributed by atoms with van der Waals surface area (Å²) in [6, 6.07) is 0.345. The lowest BCUT2D eigenvalue weighted by Crippen LogP contribution is -2.28. The predicted molar refractivity (Wildman–Crippen MR) is 88.7 cm³/mol. The van der Waals surface area contributed by atoms with Gasteiger partial charge < -0.3 is 14.6 Å². The van der Waals surface area contributed by atoms with Crippen molar-refractivity contribution >= 4 is 16.7 Å². The van der Waals surface area contributed by atoms with Crippen molar-refractivity contribution < 1.29 is 9.26 Å². The summed E-state index contributed by atoms with van der Waals surface area (Å²) in [6.07, 6.45) is 5.56. The zero-order valence-electron chi connectivity index (χ0n) is 13.8. The normalized spacial score (nSPS) is 15.9. The third-order valence-corrected chi connectivity index (χ3v) is 4.29. The lowest BCUT2D eigenvalue weighted by Gasteiger charge is -2.25. The first kappa shape index (κ1) is 15.1. The molecule has 8 heteroatoms. The number of nitrogens with one attached hydrogen (secondary N) is 1. The molecule has 0 aromatic carbocycles. The van der Waals surface area contributed by atoms with Gasteiger partial charge in [-0.15, -0.1) is 0 Å². The van der Waals surface area contributed by atoms with Crippen LogP contribution in [0.25, 0.3) is 22.5 Å². The van der Waals surface area contributed by atoms with Gasteiger partial charge in [-0.2, -0.15) is 10.1 Å². The standard InChI is InChI=1S/C16H20N6O2/c1-3-22-15-12(9-18-22)14(20-11-4-6-23-7-5-11)13(8-17-15)16-19-10(2)21-24-16/h8-9,11H,3-7H2,1-2H3,(H,17,20). The Hall–Kier alpha value is -2.48. The second-order valence-electron chi connectivity index (χ2n) is 5.92. The van der Waals surface area contributed by atoms with E-state index in [1.54, 1.807) is 13.1 Å². The minimum atomic E-state index is 0.345. The van der Waals surface area contributed by atoms with Crippen molar-refractivity contribution in [3.8, 4) is 11.5 Å². The van der Waals surface area contributed by atoms with Gasteiger partial charge in [0.2, 0.25) is 0 Å². The van der Waals surface area contributed by atoms with Gasteiger partial charge in [-0.3, -0.25) is 0 Å². The van der Waals surface area contributed by atoms with Crippen LogP contribution in [-0.2, 0) is 11.3 Å². The maximum Gasteiger partial charge on any atom is 0.261 e. The van der Waals surface area contributed by atoms with E-state index in [0.717, 1.165) is 54.9 Å². The van der Waals surface area contributed by atoms with Crippen LogP contribution < -0.4 is 5.32 Å². The van der Waals surface area contributed by atoms with E-state index in [4.69, 9.17) is 9.26 Å². The third kappa shape index (κ3) is 2.62. The van der Waals surface area contributed by atoms with Crippen molar-refractivity contribution in [2.45, 2.75) is 39.3 Å². The molecule has 1 fully saturated rings. The number of rotatable bonds is 4. The second-order valence-corrected chi connectivity index (χ2v) is 5.92. The Morgan fingerprint density at radius 3 is 2.83 bits per heavy atom. The minimum absolute atomic E-state index is 0.345. The molecule has 4 rings (SSSR count). The lowest BCUT2D eigenvalue weighted by molar-refractivity contribution is 0.0905. The zero-order chi connectivity index (χ0) is 16.5. The molecule has 0 radical (unpaired) electrons. The topological polar surface area (TPSA) is 90.9 Å². The molecule has 24 heavy (non-hydrogen) atoms. The van der Waals surface area contributed by atoms with E-state index >= 15 is 0 Å². The van der Waals surface area contributed by atoms with Crippen molar-refractivity contribution in [1.82, 2.24) is 24.9 Å². The van der Waals surface area contributed by atoms with Gasteiger partial charge in [-0.1, -0.05) is 5.16 Å². The molecule has 0 amide bonds. The fourth-order valence-corrected chi connectivity index (χ4v) is 3.03. The third-order valence-electron chi connectivity index (χ3n) is 4.29. The summed E-state index contributed by atoms with van der Waals surface area (Å²) in [7, 11) is 0. The summed E-state index contributed by atoms with van der Waals surface area (Å²) in [5.41, 5.74) is 2.62. The Labute approximate surface area is 139 Å². The SMILES string of the molecule is CCn1ncc2c(NC3CCOCC3)c(-c3nc(C)no3)cnc21. The number of fused-ring (bicyclic) bond motifs is 1. The highest BCUT2D eigenvalue weighted by molar-refractivity contribution is 5.96. The number of anilines is 1. The van der Waals surface area contributed by atoms with Gasteiger partial charge >= 0.3 is 0 Å². The fourth-order valence-electron chi connectivity index (χ4n) is 3.03. The monoisotopic (exact) mass is 328 g/mol. The number of hydrogen-bond acceptors (Lipinski definition) is 7. The molecule has 0 unspecified atom stereocenters. The summed E-state index contributed by atoms with van der Waals surface area (Å²) in [6.45, 7) is 6.17. The number of aryl methyl sites for hydroxylation is 2. The zero-order valence-corrected chi connectivity index (χ0v) is 13.8. The molecule has 0 atom stereocenters. The minimum Gasteiger partial charge on any atom is -0.381 e. The predicted octanol–water partition coefficient (Wildman–Crippen LogP) is 2.40. The fraction of sp³-hybridized carbons (Fsp3) is 0.500. The van der Waals surface area contributed by atoms with Gasteiger partial charge in [0.15, 0.2) is 11.5 Å². The number of nitrogens with zero attached hydrogens (tertiary/aromatic N) is 5. The summed E-state index contributed by atoms with van der Waals surface area (Å²) in [4.78, 5) is 8.92. The Kier molecular flexibility index (Phi) is 3.89. The van der Waals surface area contributed by atoms with Gasteiger partial charge in [0.1, 0.15) is 0 Å². The van der Waals surface area contributed by atoms with Crippen LogP contribution in [0.1, 0.15) is 25.6 Å². The van der Waals surface area contributed by atoms with E-state index in [-0.39, 0.29) is 0 Å². The summed E-state index contributed by atoms with van der Waals surface area (Å²) < 4.78 is 12.7. The summed E-state index contributed by atoms with van der Waals surface area (Å²) >= 11 is 0. The number of pyridine rings is 1. The molecule has 1 aliphatic rings. The molecule has 3 aromatic heterocycles. The van der Waals surface area contributed by atoms with Crippen molar-refractivity contribution in [3.63, 3.8) is 0 Å². The highest BCUT2D eigenvalue weighted by Gasteiger charge is 2.22. The van der Waals surface area contributed by atoms with E-state index in [2.05, 4.69) is 32.5 Å². The average molecular weight is 328 g/mol. The van der Waals surface area contributed by atoms with Crippen molar-refractivity contribution in [2.75, 3.05) is 18.5 Å². The van der Waals surface area contributed by atoms with Crippen LogP contribution >= 0.6 is 0 Å². The van der Waals surface area contributed by atoms with E-state index < -0.39 is 0 Å². The van der Waals surface area contributed by atoms with E-state index in [0.29, 0.717) is 17.8 Å². The average Bonchev–Trinajstić information content (AvgIpc) is 3.22. The lowest BCUT2D eigenvalue weighted by atomic mass is 10.1. The van der Waals surface area contributed by atoms with Gasteiger partial charge in [-0.05, 0) is 26.7 Å². The molecule has 3 aromatic rings. The van der Waals surface area contributed by atoms with Crippen molar-refractivity contribution in [3.05, 3.63) is 18.2 Å². The van der Waals surface area contributed by atoms with Crippen LogP contribution in [0.4, 0.5) is 5.69 Å². The quantitative estimate of drug-likeness (QED) is 0.786. The van der Waals surface area contributed by atoms with E-state index in [1.165, 1.54) is 0 Å². The molecular weight excluding hydrogens is 308 g/mol. The Bertz CT molecular complexity index is 849. The molecule has 0 bridgehead atoms. The van der Waals surface area contributed by atoms with Gasteiger partial charge in [0.05, 0.1) is 22.8 Å². The van der Waals surface area contributed by atoms with Crippen LogP contribution in [0.3, 0.4) is 0 Å². The Balaban J connectivity index is 1.82. The maximum atomic E-state index is 5.45. The second kappa shape index (κ2) is 6.20. The van der Waals surface area contributed by atoms with Gasteiger partial charge in [0.25, 0.3) is 5.89 Å². The van der Waals surface area contributed by atoms with E-state index in [1.807, 2.05) is 10.9 Å². The number of aromatic nitrogens is 5. The molecule has 1 saturated heterocycles. The molecule has 0 spiro atoms. The van der Waals surface area contributed by atoms with Gasteiger partial charge in [0, 0.05) is 32.0 Å². The van der Waals surface area contributed by atoms with Crippen LogP contribution in [0.15, 0.2) is 16.9 Å². The van der Waals surface area contributed by atoms with Crippen LogP contribution in [-0.4, -0.2) is 44.2 Å². The number of ether oxygens (including phenoxy) is 1. The first-order chi connectivity index (χ1) is 11.8. The first-order valence-electron chi connectivity index (χ1n) is 8.25. The van der Waals surface area contributed by atoms with Crippen molar-refractivity contribution in [1.29, 1.82) is 0 Å². The molecule has 8 nitrogen and oxygen atoms in total. The maximum absolute atomic E-state index is 5.45. The van der Waals surface area contributed by atoms with Crippen LogP contribution in [0.5, 0.6) is 0 Å². The Morgan fingerprint density at radius 2 is 2.12 bits per heavy atom. The molecule has 1 aliphatic heterocycles. The molecule has 1 N–H and O–H groups in total. The molecular formula is C16H20N6O2. The first-order valence-corrected chi connectivity index (χ1v) is 8.25. The molecule has 4 heterocycles. The van der Waals surface area contributed by atoms with Gasteiger partial charge in [-0.25, -0.2) is 9.67 Å². The smallest absolute Gasteiger partial charge is 0.261 e. The highest BCUT2D eigenvalue weighted by atomic mass is 16.5. The van der Waals surface area contributed by atoms with Crippen molar-refractivity contribution in [2.24, 2.45) is 0 Å². The summed E-state index contributed by atoms with van der Waals surface area (Å²) in [5, 5.41) is 12.9. The van der Waals surface area contributed by atoms with E-state index in [9.17, 15) is 0 Å². The van der Waals surface area contributed by atoms with Crippen LogP contribution in [0, 0.1) is 6.92 Å². The molecule has 0 aliphatic carbocycles. The molecule has 0 saturated carbocycles. The largest absolute Gasteiger partial charge is 0.381 e. The number of hydrogen-bond donors (Lipinski definition) is 1. The Morgan fingerprint density at radius 1 is 1.29 bits per heavy atom.